The molecule has 0 unspecified atom stereocenters. The number of fused-ring (bicyclic) bond motifs is 5. The summed E-state index contributed by atoms with van der Waals surface area (Å²) in [5.41, 5.74) is 13.7. The molecule has 1 aliphatic heterocycles. The van der Waals surface area contributed by atoms with Gasteiger partial charge in [-0.3, -0.25) is 0 Å². The molecule has 1 aromatic heterocycles. The van der Waals surface area contributed by atoms with E-state index in [2.05, 4.69) is 127 Å². The summed E-state index contributed by atoms with van der Waals surface area (Å²) in [6, 6.07) is 41.5. The number of halogens is 1. The van der Waals surface area contributed by atoms with Gasteiger partial charge >= 0.3 is 0 Å². The van der Waals surface area contributed by atoms with Crippen molar-refractivity contribution in [3.05, 3.63) is 149 Å². The molecule has 0 N–H and O–H groups in total. The van der Waals surface area contributed by atoms with E-state index in [1.165, 1.54) is 22.5 Å². The van der Waals surface area contributed by atoms with Gasteiger partial charge in [-0.1, -0.05) is 92.7 Å². The van der Waals surface area contributed by atoms with Gasteiger partial charge in [0.1, 0.15) is 23.6 Å². The van der Waals surface area contributed by atoms with Crippen LogP contribution < -0.4 is 4.90 Å². The fourth-order valence-electron chi connectivity index (χ4n) is 8.23. The number of para-hydroxylation sites is 2. The third kappa shape index (κ3) is 4.30. The maximum absolute atomic E-state index is 16.1. The van der Waals surface area contributed by atoms with Crippen LogP contribution in [-0.4, -0.2) is 9.97 Å². The normalized spacial score (nSPS) is 13.3. The summed E-state index contributed by atoms with van der Waals surface area (Å²) >= 11 is 0. The minimum atomic E-state index is -0.441. The van der Waals surface area contributed by atoms with Crippen molar-refractivity contribution in [3.8, 4) is 56.9 Å². The third-order valence-corrected chi connectivity index (χ3v) is 10.6. The number of anilines is 3. The number of nitrogens with zero attached hydrogens (tertiary/aromatic N) is 5. The maximum Gasteiger partial charge on any atom is 0.177 e. The van der Waals surface area contributed by atoms with Crippen molar-refractivity contribution >= 4 is 27.8 Å². The molecule has 0 bridgehead atoms. The molecule has 5 nitrogen and oxygen atoms in total. The summed E-state index contributed by atoms with van der Waals surface area (Å²) in [7, 11) is 0. The Morgan fingerprint density at radius 3 is 1.86 bits per heavy atom. The fraction of sp³-hybridized carbons (Fsp3) is 0.111. The summed E-state index contributed by atoms with van der Waals surface area (Å²) < 4.78 is 16.1. The summed E-state index contributed by atoms with van der Waals surface area (Å²) in [6.45, 7) is 8.85. The van der Waals surface area contributed by atoms with Crippen LogP contribution in [0.3, 0.4) is 0 Å². The molecule has 6 aromatic carbocycles. The first kappa shape index (κ1) is 30.4. The first-order chi connectivity index (χ1) is 24.7. The number of hydrogen-bond donors (Lipinski definition) is 0. The lowest BCUT2D eigenvalue weighted by atomic mass is 9.73. The molecule has 0 radical (unpaired) electrons. The lowest BCUT2D eigenvalue weighted by Crippen LogP contribution is -2.30. The highest BCUT2D eigenvalue weighted by molar-refractivity contribution is 6.17. The van der Waals surface area contributed by atoms with Gasteiger partial charge in [-0.2, -0.15) is 10.5 Å². The van der Waals surface area contributed by atoms with Crippen molar-refractivity contribution in [2.75, 3.05) is 4.90 Å². The molecule has 7 aromatic rings. The second kappa shape index (κ2) is 10.9. The molecule has 1 aliphatic carbocycles. The van der Waals surface area contributed by atoms with Gasteiger partial charge in [0, 0.05) is 27.6 Å². The van der Waals surface area contributed by atoms with Gasteiger partial charge in [0.05, 0.1) is 17.1 Å². The Labute approximate surface area is 295 Å². The van der Waals surface area contributed by atoms with Crippen LogP contribution in [0.4, 0.5) is 21.5 Å². The Bertz CT molecular complexity index is 2700. The van der Waals surface area contributed by atoms with E-state index < -0.39 is 5.82 Å². The minimum Gasteiger partial charge on any atom is -0.310 e. The quantitative estimate of drug-likeness (QED) is 0.189. The van der Waals surface area contributed by atoms with E-state index in [0.717, 1.165) is 44.5 Å². The molecule has 2 heterocycles. The van der Waals surface area contributed by atoms with Crippen molar-refractivity contribution in [2.45, 2.75) is 33.1 Å². The average molecular weight is 660 g/mol. The van der Waals surface area contributed by atoms with Crippen molar-refractivity contribution in [3.63, 3.8) is 0 Å². The Morgan fingerprint density at radius 1 is 0.627 bits per heavy atom. The zero-order valence-corrected chi connectivity index (χ0v) is 28.5. The largest absolute Gasteiger partial charge is 0.310 e. The van der Waals surface area contributed by atoms with Gasteiger partial charge < -0.3 is 4.90 Å². The Balaban J connectivity index is 1.12. The van der Waals surface area contributed by atoms with Crippen LogP contribution in [0.5, 0.6) is 0 Å². The molecule has 2 aliphatic rings. The molecule has 0 saturated heterocycles. The first-order valence-corrected chi connectivity index (χ1v) is 16.9. The Kier molecular flexibility index (Phi) is 6.53. The van der Waals surface area contributed by atoms with Gasteiger partial charge in [-0.05, 0) is 94.1 Å². The number of rotatable bonds is 3. The Hall–Kier alpha value is -6.63. The number of benzene rings is 6. The summed E-state index contributed by atoms with van der Waals surface area (Å²) in [6.07, 6.45) is 0. The zero-order valence-electron chi connectivity index (χ0n) is 28.5. The molecule has 0 atom stereocenters. The van der Waals surface area contributed by atoms with Crippen LogP contribution >= 0.6 is 0 Å². The molecular formula is C45H30FN5. The highest BCUT2D eigenvalue weighted by Crippen LogP contribution is 2.53. The number of nitriles is 2. The summed E-state index contributed by atoms with van der Waals surface area (Å²) in [4.78, 5) is 11.2. The molecule has 0 saturated carbocycles. The predicted molar refractivity (Wildman–Crippen MR) is 201 cm³/mol. The van der Waals surface area contributed by atoms with Crippen LogP contribution in [0.15, 0.2) is 109 Å². The highest BCUT2D eigenvalue weighted by Gasteiger charge is 2.36. The van der Waals surface area contributed by atoms with Crippen molar-refractivity contribution in [2.24, 2.45) is 0 Å². The Morgan fingerprint density at radius 2 is 1.24 bits per heavy atom. The van der Waals surface area contributed by atoms with Crippen LogP contribution in [0.1, 0.15) is 47.5 Å². The maximum atomic E-state index is 16.1. The lowest BCUT2D eigenvalue weighted by molar-refractivity contribution is 0.632. The van der Waals surface area contributed by atoms with E-state index in [9.17, 15) is 10.5 Å². The van der Waals surface area contributed by atoms with Crippen LogP contribution in [0, 0.1) is 42.3 Å². The van der Waals surface area contributed by atoms with Gasteiger partial charge in [0.2, 0.25) is 0 Å². The zero-order chi connectivity index (χ0) is 35.2. The summed E-state index contributed by atoms with van der Waals surface area (Å²) in [5, 5.41) is 20.7. The first-order valence-electron chi connectivity index (χ1n) is 16.9. The van der Waals surface area contributed by atoms with Gasteiger partial charge in [0.25, 0.3) is 0 Å². The van der Waals surface area contributed by atoms with Crippen LogP contribution in [-0.2, 0) is 5.41 Å². The minimum absolute atomic E-state index is 0.0641. The third-order valence-electron chi connectivity index (χ3n) is 10.6. The summed E-state index contributed by atoms with van der Waals surface area (Å²) in [5.74, 6) is -0.441. The number of aryl methyl sites for hydroxylation is 2. The number of aromatic nitrogens is 2. The molecule has 0 fully saturated rings. The molecule has 242 valence electrons. The second-order valence-electron chi connectivity index (χ2n) is 13.9. The topological polar surface area (TPSA) is 76.6 Å². The molecule has 0 spiro atoms. The van der Waals surface area contributed by atoms with Gasteiger partial charge in [-0.25, -0.2) is 14.4 Å². The lowest BCUT2D eigenvalue weighted by Gasteiger charge is -2.42. The average Bonchev–Trinajstić information content (AvgIpc) is 3.47. The van der Waals surface area contributed by atoms with E-state index in [1.54, 1.807) is 6.07 Å². The van der Waals surface area contributed by atoms with E-state index in [0.29, 0.717) is 27.9 Å². The van der Waals surface area contributed by atoms with Crippen molar-refractivity contribution in [1.29, 1.82) is 10.5 Å². The van der Waals surface area contributed by atoms with Crippen LogP contribution in [0.25, 0.3) is 55.5 Å². The molecular weight excluding hydrogens is 630 g/mol. The fourth-order valence-corrected chi connectivity index (χ4v) is 8.23. The van der Waals surface area contributed by atoms with Gasteiger partial charge in [-0.15, -0.1) is 0 Å². The van der Waals surface area contributed by atoms with E-state index in [-0.39, 0.29) is 16.8 Å². The smallest absolute Gasteiger partial charge is 0.177 e. The molecule has 0 amide bonds. The standard InChI is InChI=1S/C45H30FN5/c1-25-20-27(33-22-36(46)42-41-31(33)10-9-11-32(41)43-44(42)50-38(24-48)37(23-47)49-43)16-18-29(25)30-19-17-28(21-26(30)2)51-39-14-7-5-12-34(39)45(3,4)35-13-6-8-15-40(35)51/h5-22H,1-4H3. The van der Waals surface area contributed by atoms with Crippen molar-refractivity contribution in [1.82, 2.24) is 9.97 Å². The highest BCUT2D eigenvalue weighted by atomic mass is 19.1. The van der Waals surface area contributed by atoms with E-state index >= 15 is 4.39 Å². The van der Waals surface area contributed by atoms with E-state index in [1.807, 2.05) is 30.3 Å². The molecule has 51 heavy (non-hydrogen) atoms. The van der Waals surface area contributed by atoms with Crippen molar-refractivity contribution < 1.29 is 4.39 Å². The van der Waals surface area contributed by atoms with Crippen LogP contribution in [0.2, 0.25) is 0 Å². The van der Waals surface area contributed by atoms with Gasteiger partial charge in [0.15, 0.2) is 11.4 Å². The predicted octanol–water partition coefficient (Wildman–Crippen LogP) is 11.2. The monoisotopic (exact) mass is 659 g/mol. The SMILES string of the molecule is Cc1cc(-c2cc(F)c3c4c(cccc24)-c2nc(C#N)c(C#N)nc2-3)ccc1-c1ccc(N2c3ccccc3C(C)(C)c3ccccc32)cc1C. The molecule has 9 rings (SSSR count). The van der Waals surface area contributed by atoms with E-state index in [4.69, 9.17) is 0 Å². The second-order valence-corrected chi connectivity index (χ2v) is 13.9. The molecule has 6 heteroatoms. The number of hydrogen-bond acceptors (Lipinski definition) is 5.